The van der Waals surface area contributed by atoms with Gasteiger partial charge in [0.25, 0.3) is 5.56 Å². The quantitative estimate of drug-likeness (QED) is 0.209. The van der Waals surface area contributed by atoms with Crippen molar-refractivity contribution in [1.82, 2.24) is 9.66 Å². The maximum atomic E-state index is 13.9. The standard InChI is InChI=1S/C28H23BrCl2FN3O2/c29-20-10-11-25-21(14-20)28(36)35(27(34-25)18-6-2-1-3-7-18)33-15-17-12-22(30)26(23(31)13-17)37-16-19-8-4-5-9-24(19)32/h4-5,8-15,18H,1-3,6-7,16H2. The van der Waals surface area contributed by atoms with E-state index in [0.29, 0.717) is 27.9 Å². The molecule has 0 spiro atoms. The molecular weight excluding hydrogens is 580 g/mol. The van der Waals surface area contributed by atoms with Gasteiger partial charge in [0, 0.05) is 16.0 Å². The molecule has 37 heavy (non-hydrogen) atoms. The summed E-state index contributed by atoms with van der Waals surface area (Å²) in [6.07, 6.45) is 6.86. The van der Waals surface area contributed by atoms with E-state index < -0.39 is 0 Å². The highest BCUT2D eigenvalue weighted by Crippen LogP contribution is 2.35. The summed E-state index contributed by atoms with van der Waals surface area (Å²) in [6, 6.07) is 15.1. The fourth-order valence-electron chi connectivity index (χ4n) is 4.58. The number of rotatable bonds is 6. The molecule has 1 saturated carbocycles. The molecule has 0 unspecified atom stereocenters. The van der Waals surface area contributed by atoms with Crippen molar-refractivity contribution in [2.75, 3.05) is 0 Å². The smallest absolute Gasteiger partial charge is 0.282 e. The molecular formula is C28H23BrCl2FN3O2. The van der Waals surface area contributed by atoms with Crippen LogP contribution in [0.1, 0.15) is 55.0 Å². The lowest BCUT2D eigenvalue weighted by Crippen LogP contribution is -2.25. The number of aromatic nitrogens is 2. The van der Waals surface area contributed by atoms with E-state index in [2.05, 4.69) is 21.0 Å². The third-order valence-electron chi connectivity index (χ3n) is 6.48. The van der Waals surface area contributed by atoms with Gasteiger partial charge in [-0.3, -0.25) is 4.79 Å². The number of benzene rings is 3. The lowest BCUT2D eigenvalue weighted by atomic mass is 9.88. The van der Waals surface area contributed by atoms with Crippen LogP contribution in [0.25, 0.3) is 10.9 Å². The van der Waals surface area contributed by atoms with Gasteiger partial charge >= 0.3 is 0 Å². The number of fused-ring (bicyclic) bond motifs is 1. The fraction of sp³-hybridized carbons (Fsp3) is 0.250. The Morgan fingerprint density at radius 1 is 1.08 bits per heavy atom. The zero-order valence-electron chi connectivity index (χ0n) is 19.8. The van der Waals surface area contributed by atoms with Crippen LogP contribution >= 0.6 is 39.1 Å². The fourth-order valence-corrected chi connectivity index (χ4v) is 5.56. The molecule has 5 nitrogen and oxygen atoms in total. The Bertz CT molecular complexity index is 1530. The van der Waals surface area contributed by atoms with Gasteiger partial charge < -0.3 is 4.74 Å². The molecule has 1 aliphatic rings. The topological polar surface area (TPSA) is 56.5 Å². The van der Waals surface area contributed by atoms with E-state index in [1.807, 2.05) is 12.1 Å². The molecule has 1 aromatic heterocycles. The Hall–Kier alpha value is -2.74. The predicted octanol–water partition coefficient (Wildman–Crippen LogP) is 8.11. The van der Waals surface area contributed by atoms with Crippen molar-refractivity contribution in [2.24, 2.45) is 5.10 Å². The first-order valence-corrected chi connectivity index (χ1v) is 13.6. The van der Waals surface area contributed by atoms with Gasteiger partial charge in [-0.25, -0.2) is 9.37 Å². The average molecular weight is 603 g/mol. The lowest BCUT2D eigenvalue weighted by molar-refractivity contribution is 0.300. The second-order valence-corrected chi connectivity index (χ2v) is 10.8. The second-order valence-electron chi connectivity index (χ2n) is 9.02. The van der Waals surface area contributed by atoms with Crippen LogP contribution in [0.2, 0.25) is 10.0 Å². The Morgan fingerprint density at radius 3 is 2.54 bits per heavy atom. The lowest BCUT2D eigenvalue weighted by Gasteiger charge is -2.22. The van der Waals surface area contributed by atoms with Crippen LogP contribution in [0, 0.1) is 5.82 Å². The Morgan fingerprint density at radius 2 is 1.81 bits per heavy atom. The maximum Gasteiger partial charge on any atom is 0.282 e. The Labute approximate surface area is 232 Å². The summed E-state index contributed by atoms with van der Waals surface area (Å²) in [4.78, 5) is 18.3. The van der Waals surface area contributed by atoms with E-state index in [1.165, 1.54) is 23.4 Å². The van der Waals surface area contributed by atoms with Crippen molar-refractivity contribution >= 4 is 56.2 Å². The van der Waals surface area contributed by atoms with Gasteiger partial charge in [0.2, 0.25) is 0 Å². The molecule has 0 amide bonds. The largest absolute Gasteiger partial charge is 0.486 e. The summed E-state index contributed by atoms with van der Waals surface area (Å²) in [7, 11) is 0. The van der Waals surface area contributed by atoms with Crippen LogP contribution in [0.4, 0.5) is 4.39 Å². The minimum atomic E-state index is -0.367. The van der Waals surface area contributed by atoms with Crippen LogP contribution < -0.4 is 10.3 Å². The molecule has 0 N–H and O–H groups in total. The predicted molar refractivity (Wildman–Crippen MR) is 150 cm³/mol. The minimum Gasteiger partial charge on any atom is -0.486 e. The molecule has 0 bridgehead atoms. The van der Waals surface area contributed by atoms with Gasteiger partial charge in [-0.1, -0.05) is 76.6 Å². The Kier molecular flexibility index (Phi) is 7.93. The molecule has 9 heteroatoms. The van der Waals surface area contributed by atoms with Crippen molar-refractivity contribution in [3.63, 3.8) is 0 Å². The molecule has 4 aromatic rings. The average Bonchev–Trinajstić information content (AvgIpc) is 2.89. The molecule has 0 saturated heterocycles. The number of ether oxygens (including phenoxy) is 1. The third-order valence-corrected chi connectivity index (χ3v) is 7.53. The van der Waals surface area contributed by atoms with Gasteiger partial charge in [0.05, 0.1) is 27.2 Å². The van der Waals surface area contributed by atoms with Crippen molar-refractivity contribution in [2.45, 2.75) is 44.6 Å². The zero-order chi connectivity index (χ0) is 25.9. The molecule has 1 fully saturated rings. The van der Waals surface area contributed by atoms with E-state index >= 15 is 0 Å². The first-order chi connectivity index (χ1) is 17.9. The highest BCUT2D eigenvalue weighted by Gasteiger charge is 2.22. The SMILES string of the molecule is O=c1c2cc(Br)ccc2nc(C2CCCCC2)n1N=Cc1cc(Cl)c(OCc2ccccc2F)c(Cl)c1. The maximum absolute atomic E-state index is 13.9. The van der Waals surface area contributed by atoms with E-state index in [1.54, 1.807) is 36.4 Å². The summed E-state index contributed by atoms with van der Waals surface area (Å²) in [5.41, 5.74) is 1.40. The number of hydrogen-bond acceptors (Lipinski definition) is 4. The van der Waals surface area contributed by atoms with Crippen LogP contribution in [0.5, 0.6) is 5.75 Å². The highest BCUT2D eigenvalue weighted by molar-refractivity contribution is 9.10. The van der Waals surface area contributed by atoms with Crippen molar-refractivity contribution in [3.05, 3.63) is 102 Å². The minimum absolute atomic E-state index is 0.0159. The van der Waals surface area contributed by atoms with Crippen LogP contribution in [0.15, 0.2) is 69.0 Å². The number of nitrogens with zero attached hydrogens (tertiary/aromatic N) is 3. The zero-order valence-corrected chi connectivity index (χ0v) is 22.9. The molecule has 0 atom stereocenters. The van der Waals surface area contributed by atoms with Gasteiger partial charge in [0.15, 0.2) is 5.75 Å². The number of hydrogen-bond donors (Lipinski definition) is 0. The molecule has 190 valence electrons. The summed E-state index contributed by atoms with van der Waals surface area (Å²) >= 11 is 16.3. The summed E-state index contributed by atoms with van der Waals surface area (Å²) in [5, 5.41) is 5.54. The molecule has 5 rings (SSSR count). The molecule has 1 heterocycles. The van der Waals surface area contributed by atoms with E-state index in [0.717, 1.165) is 30.2 Å². The first-order valence-electron chi connectivity index (χ1n) is 12.0. The second kappa shape index (κ2) is 11.3. The van der Waals surface area contributed by atoms with Gasteiger partial charge in [-0.15, -0.1) is 0 Å². The van der Waals surface area contributed by atoms with Crippen LogP contribution in [0.3, 0.4) is 0 Å². The van der Waals surface area contributed by atoms with Crippen molar-refractivity contribution in [3.8, 4) is 5.75 Å². The summed E-state index contributed by atoms with van der Waals surface area (Å²) < 4.78 is 21.8. The van der Waals surface area contributed by atoms with E-state index in [4.69, 9.17) is 32.9 Å². The van der Waals surface area contributed by atoms with Gasteiger partial charge in [-0.05, 0) is 54.8 Å². The van der Waals surface area contributed by atoms with Crippen molar-refractivity contribution < 1.29 is 9.13 Å². The molecule has 1 aliphatic carbocycles. The Balaban J connectivity index is 1.48. The van der Waals surface area contributed by atoms with Crippen LogP contribution in [-0.2, 0) is 6.61 Å². The van der Waals surface area contributed by atoms with Gasteiger partial charge in [0.1, 0.15) is 18.2 Å². The highest BCUT2D eigenvalue weighted by atomic mass is 79.9. The third kappa shape index (κ3) is 5.74. The normalized spacial score (nSPS) is 14.5. The monoisotopic (exact) mass is 601 g/mol. The molecule has 0 aliphatic heterocycles. The van der Waals surface area contributed by atoms with Crippen molar-refractivity contribution in [1.29, 1.82) is 0 Å². The summed E-state index contributed by atoms with van der Waals surface area (Å²) in [6.45, 7) is -0.0159. The van der Waals surface area contributed by atoms with E-state index in [9.17, 15) is 9.18 Å². The van der Waals surface area contributed by atoms with Gasteiger partial charge in [-0.2, -0.15) is 9.78 Å². The van der Waals surface area contributed by atoms with Crippen LogP contribution in [-0.4, -0.2) is 15.9 Å². The first kappa shape index (κ1) is 25.9. The molecule has 0 radical (unpaired) electrons. The van der Waals surface area contributed by atoms with E-state index in [-0.39, 0.29) is 39.7 Å². The summed E-state index contributed by atoms with van der Waals surface area (Å²) in [5.74, 6) is 0.709. The molecule has 3 aromatic carbocycles. The number of halogens is 4.